The van der Waals surface area contributed by atoms with Gasteiger partial charge in [0.15, 0.2) is 0 Å². The highest BCUT2D eigenvalue weighted by Gasteiger charge is 2.34. The number of hydrogen-bond donors (Lipinski definition) is 2. The van der Waals surface area contributed by atoms with Gasteiger partial charge in [-0.15, -0.1) is 0 Å². The van der Waals surface area contributed by atoms with Crippen molar-refractivity contribution in [2.24, 2.45) is 5.92 Å². The minimum absolute atomic E-state index is 0.0128. The van der Waals surface area contributed by atoms with E-state index in [1.54, 1.807) is 6.92 Å². The third kappa shape index (κ3) is 2.95. The van der Waals surface area contributed by atoms with Gasteiger partial charge in [0.2, 0.25) is 10.0 Å². The smallest absolute Gasteiger partial charge is 0.335 e. The summed E-state index contributed by atoms with van der Waals surface area (Å²) in [6.45, 7) is 3.77. The van der Waals surface area contributed by atoms with Gasteiger partial charge in [0.1, 0.15) is 0 Å². The van der Waals surface area contributed by atoms with E-state index >= 15 is 0 Å². The Morgan fingerprint density at radius 3 is 2.62 bits per heavy atom. The van der Waals surface area contributed by atoms with Crippen molar-refractivity contribution in [3.8, 4) is 0 Å². The van der Waals surface area contributed by atoms with Crippen LogP contribution < -0.4 is 0 Å². The molecule has 1 fully saturated rings. The number of aliphatic hydroxyl groups is 1. The van der Waals surface area contributed by atoms with Crippen LogP contribution in [0.1, 0.15) is 29.3 Å². The number of carbonyl (C=O) groups is 1. The maximum Gasteiger partial charge on any atom is 0.335 e. The molecule has 1 aliphatic heterocycles. The Morgan fingerprint density at radius 2 is 2.05 bits per heavy atom. The molecular weight excluding hydrogens is 294 g/mol. The molecule has 1 aliphatic rings. The molecule has 2 unspecified atom stereocenters. The van der Waals surface area contributed by atoms with E-state index in [0.717, 1.165) is 0 Å². The Kier molecular flexibility index (Phi) is 4.36. The van der Waals surface area contributed by atoms with E-state index in [-0.39, 0.29) is 35.0 Å². The van der Waals surface area contributed by atoms with Gasteiger partial charge in [0, 0.05) is 13.1 Å². The highest BCUT2D eigenvalue weighted by molar-refractivity contribution is 7.89. The predicted molar refractivity (Wildman–Crippen MR) is 76.7 cm³/mol. The molecule has 0 saturated carbocycles. The Labute approximate surface area is 124 Å². The van der Waals surface area contributed by atoms with Crippen molar-refractivity contribution in [2.45, 2.75) is 31.3 Å². The summed E-state index contributed by atoms with van der Waals surface area (Å²) in [4.78, 5) is 11.2. The summed E-state index contributed by atoms with van der Waals surface area (Å²) in [5.41, 5.74) is 0.227. The quantitative estimate of drug-likeness (QED) is 0.871. The van der Waals surface area contributed by atoms with Gasteiger partial charge < -0.3 is 10.2 Å². The van der Waals surface area contributed by atoms with Gasteiger partial charge in [0.25, 0.3) is 0 Å². The van der Waals surface area contributed by atoms with Crippen LogP contribution in [0.15, 0.2) is 23.1 Å². The third-order valence-electron chi connectivity index (χ3n) is 3.96. The van der Waals surface area contributed by atoms with Crippen molar-refractivity contribution < 1.29 is 23.4 Å². The van der Waals surface area contributed by atoms with Crippen LogP contribution in [0.3, 0.4) is 0 Å². The number of nitrogens with zero attached hydrogens (tertiary/aromatic N) is 1. The molecule has 1 aromatic carbocycles. The van der Waals surface area contributed by atoms with Crippen LogP contribution in [0.2, 0.25) is 0 Å². The second-order valence-electron chi connectivity index (χ2n) is 5.43. The molecule has 0 aromatic heterocycles. The fraction of sp³-hybridized carbons (Fsp3) is 0.500. The summed E-state index contributed by atoms with van der Waals surface area (Å²) in [5.74, 6) is -1.29. The molecule has 6 nitrogen and oxygen atoms in total. The molecule has 116 valence electrons. The maximum atomic E-state index is 12.7. The first kappa shape index (κ1) is 15.9. The minimum Gasteiger partial charge on any atom is -0.478 e. The number of aliphatic hydroxyl groups excluding tert-OH is 1. The number of sulfonamides is 1. The van der Waals surface area contributed by atoms with Crippen molar-refractivity contribution in [1.82, 2.24) is 4.31 Å². The summed E-state index contributed by atoms with van der Waals surface area (Å²) in [6, 6.07) is 4.25. The molecule has 7 heteroatoms. The van der Waals surface area contributed by atoms with Gasteiger partial charge in [-0.05, 0) is 37.0 Å². The summed E-state index contributed by atoms with van der Waals surface area (Å²) >= 11 is 0. The standard InChI is InChI=1S/C14H19NO5S/c1-9-8-15(7-6-12(9)16)21(19,20)13-5-3-4-11(10(13)2)14(17)18/h3-5,9,12,16H,6-8H2,1-2H3,(H,17,18). The second kappa shape index (κ2) is 5.75. The summed E-state index contributed by atoms with van der Waals surface area (Å²) in [6.07, 6.45) is -0.110. The maximum absolute atomic E-state index is 12.7. The molecule has 2 rings (SSSR count). The lowest BCUT2D eigenvalue weighted by molar-refractivity contribution is 0.0628. The molecule has 1 heterocycles. The van der Waals surface area contributed by atoms with Crippen molar-refractivity contribution in [3.63, 3.8) is 0 Å². The first-order valence-electron chi connectivity index (χ1n) is 6.76. The molecular formula is C14H19NO5S. The van der Waals surface area contributed by atoms with E-state index in [2.05, 4.69) is 0 Å². The zero-order chi connectivity index (χ0) is 15.8. The summed E-state index contributed by atoms with van der Waals surface area (Å²) in [5, 5.41) is 18.8. The molecule has 2 N–H and O–H groups in total. The average Bonchev–Trinajstić information content (AvgIpc) is 2.41. The minimum atomic E-state index is -3.75. The molecule has 2 atom stereocenters. The van der Waals surface area contributed by atoms with Gasteiger partial charge >= 0.3 is 5.97 Å². The van der Waals surface area contributed by atoms with Crippen LogP contribution in [-0.2, 0) is 10.0 Å². The van der Waals surface area contributed by atoms with E-state index in [1.807, 2.05) is 0 Å². The fourth-order valence-electron chi connectivity index (χ4n) is 2.58. The van der Waals surface area contributed by atoms with E-state index in [0.29, 0.717) is 6.42 Å². The third-order valence-corrected chi connectivity index (χ3v) is 5.96. The topological polar surface area (TPSA) is 94.9 Å². The largest absolute Gasteiger partial charge is 0.478 e. The predicted octanol–water partition coefficient (Wildman–Crippen LogP) is 1.08. The van der Waals surface area contributed by atoms with Crippen molar-refractivity contribution in [1.29, 1.82) is 0 Å². The van der Waals surface area contributed by atoms with Gasteiger partial charge in [-0.2, -0.15) is 4.31 Å². The second-order valence-corrected chi connectivity index (χ2v) is 7.34. The monoisotopic (exact) mass is 313 g/mol. The molecule has 21 heavy (non-hydrogen) atoms. The molecule has 1 aromatic rings. The summed E-state index contributed by atoms with van der Waals surface area (Å²) < 4.78 is 26.7. The number of aromatic carboxylic acids is 1. The lowest BCUT2D eigenvalue weighted by Gasteiger charge is -2.33. The van der Waals surface area contributed by atoms with Crippen molar-refractivity contribution in [3.05, 3.63) is 29.3 Å². The van der Waals surface area contributed by atoms with Gasteiger partial charge in [-0.1, -0.05) is 13.0 Å². The van der Waals surface area contributed by atoms with Gasteiger partial charge in [-0.3, -0.25) is 0 Å². The Hall–Kier alpha value is -1.44. The first-order valence-corrected chi connectivity index (χ1v) is 8.20. The van der Waals surface area contributed by atoms with Crippen LogP contribution in [0, 0.1) is 12.8 Å². The van der Waals surface area contributed by atoms with E-state index < -0.39 is 22.1 Å². The number of carboxylic acids is 1. The molecule has 0 amide bonds. The van der Waals surface area contributed by atoms with Gasteiger partial charge in [0.05, 0.1) is 16.6 Å². The lowest BCUT2D eigenvalue weighted by atomic mass is 9.99. The zero-order valence-corrected chi connectivity index (χ0v) is 12.8. The van der Waals surface area contributed by atoms with E-state index in [9.17, 15) is 18.3 Å². The molecule has 0 spiro atoms. The first-order chi connectivity index (χ1) is 9.75. The normalized spacial score (nSPS) is 24.0. The molecule has 0 bridgehead atoms. The van der Waals surface area contributed by atoms with Crippen LogP contribution in [0.4, 0.5) is 0 Å². The molecule has 1 saturated heterocycles. The number of hydrogen-bond acceptors (Lipinski definition) is 4. The number of benzene rings is 1. The summed E-state index contributed by atoms with van der Waals surface area (Å²) in [7, 11) is -3.75. The lowest BCUT2D eigenvalue weighted by Crippen LogP contribution is -2.45. The Morgan fingerprint density at radius 1 is 1.38 bits per heavy atom. The van der Waals surface area contributed by atoms with Crippen molar-refractivity contribution >= 4 is 16.0 Å². The average molecular weight is 313 g/mol. The van der Waals surface area contributed by atoms with Crippen LogP contribution >= 0.6 is 0 Å². The van der Waals surface area contributed by atoms with E-state index in [4.69, 9.17) is 5.11 Å². The van der Waals surface area contributed by atoms with Crippen LogP contribution in [-0.4, -0.2) is 48.1 Å². The van der Waals surface area contributed by atoms with Gasteiger partial charge in [-0.25, -0.2) is 13.2 Å². The Bertz CT molecular complexity index is 655. The van der Waals surface area contributed by atoms with E-state index in [1.165, 1.54) is 29.4 Å². The van der Waals surface area contributed by atoms with Crippen LogP contribution in [0.5, 0.6) is 0 Å². The highest BCUT2D eigenvalue weighted by atomic mass is 32.2. The number of carboxylic acid groups (broad SMARTS) is 1. The number of rotatable bonds is 3. The Balaban J connectivity index is 2.41. The van der Waals surface area contributed by atoms with Crippen LogP contribution in [0.25, 0.3) is 0 Å². The SMILES string of the molecule is Cc1c(C(=O)O)cccc1S(=O)(=O)N1CCC(O)C(C)C1. The fourth-order valence-corrected chi connectivity index (χ4v) is 4.38. The molecule has 0 aliphatic carbocycles. The van der Waals surface area contributed by atoms with Crippen molar-refractivity contribution in [2.75, 3.05) is 13.1 Å². The highest BCUT2D eigenvalue weighted by Crippen LogP contribution is 2.27. The number of piperidine rings is 1. The zero-order valence-electron chi connectivity index (χ0n) is 12.0. The molecule has 0 radical (unpaired) electrons.